The van der Waals surface area contributed by atoms with E-state index in [2.05, 4.69) is 26.0 Å². The first kappa shape index (κ1) is 66.0. The Bertz CT molecular complexity index is 1120. The van der Waals surface area contributed by atoms with Gasteiger partial charge in [0.05, 0.1) is 34.4 Å². The number of carboxylic acids is 1. The van der Waals surface area contributed by atoms with Crippen LogP contribution in [0.15, 0.2) is 12.2 Å². The van der Waals surface area contributed by atoms with Crippen molar-refractivity contribution in [3.8, 4) is 0 Å². The van der Waals surface area contributed by atoms with Gasteiger partial charge in [-0.2, -0.15) is 0 Å². The highest BCUT2D eigenvalue weighted by Gasteiger charge is 2.25. The molecule has 0 bridgehead atoms. The van der Waals surface area contributed by atoms with Crippen LogP contribution in [0.3, 0.4) is 0 Å². The van der Waals surface area contributed by atoms with Gasteiger partial charge in [0.25, 0.3) is 6.29 Å². The molecular weight excluding hydrogens is 851 g/mol. The summed E-state index contributed by atoms with van der Waals surface area (Å²) in [5.41, 5.74) is 0. The van der Waals surface area contributed by atoms with Crippen molar-refractivity contribution in [1.82, 2.24) is 0 Å². The van der Waals surface area contributed by atoms with Crippen LogP contribution in [-0.2, 0) is 33.3 Å². The van der Waals surface area contributed by atoms with E-state index in [1.54, 1.807) is 0 Å². The summed E-state index contributed by atoms with van der Waals surface area (Å²) < 4.78 is 22.8. The molecule has 0 aliphatic rings. The number of esters is 2. The van der Waals surface area contributed by atoms with Crippen molar-refractivity contribution < 1.29 is 42.9 Å². The molecule has 2 atom stereocenters. The van der Waals surface area contributed by atoms with Crippen LogP contribution in [0.2, 0.25) is 0 Å². The summed E-state index contributed by atoms with van der Waals surface area (Å²) in [6, 6.07) is 0. The molecule has 0 amide bonds. The fourth-order valence-electron chi connectivity index (χ4n) is 8.70. The van der Waals surface area contributed by atoms with Gasteiger partial charge in [-0.1, -0.05) is 257 Å². The maximum atomic E-state index is 12.8. The monoisotopic (exact) mass is 965 g/mol. The Kier molecular flexibility index (Phi) is 49.9. The van der Waals surface area contributed by atoms with Gasteiger partial charge in [0.2, 0.25) is 0 Å². The van der Waals surface area contributed by atoms with Crippen LogP contribution in [0.5, 0.6) is 0 Å². The second-order valence-corrected chi connectivity index (χ2v) is 21.3. The zero-order chi connectivity index (χ0) is 49.9. The normalized spacial score (nSPS) is 12.8. The summed E-state index contributed by atoms with van der Waals surface area (Å²) in [5.74, 6) is -2.00. The summed E-state index contributed by atoms with van der Waals surface area (Å²) in [7, 11) is 5.97. The predicted molar refractivity (Wildman–Crippen MR) is 286 cm³/mol. The molecule has 0 aromatic heterocycles. The van der Waals surface area contributed by atoms with Crippen molar-refractivity contribution >= 4 is 17.9 Å². The second kappa shape index (κ2) is 51.4. The molecule has 0 spiro atoms. The largest absolute Gasteiger partial charge is 0.477 e. The van der Waals surface area contributed by atoms with Crippen LogP contribution in [0.4, 0.5) is 0 Å². The van der Waals surface area contributed by atoms with Crippen LogP contribution in [0.1, 0.15) is 290 Å². The van der Waals surface area contributed by atoms with Crippen molar-refractivity contribution in [3.63, 3.8) is 0 Å². The minimum absolute atomic E-state index is 0.179. The Labute approximate surface area is 421 Å². The summed E-state index contributed by atoms with van der Waals surface area (Å²) in [6.45, 7) is 4.87. The van der Waals surface area contributed by atoms with E-state index in [4.69, 9.17) is 18.9 Å². The summed E-state index contributed by atoms with van der Waals surface area (Å²) in [4.78, 5) is 37.2. The zero-order valence-electron chi connectivity index (χ0n) is 45.8. The number of rotatable bonds is 55. The highest BCUT2D eigenvalue weighted by molar-refractivity contribution is 5.71. The minimum atomic E-state index is -1.51. The number of carbonyl (C=O) groups excluding carboxylic acids is 2. The standard InChI is InChI=1S/C59H113NO8/c1-6-8-10-12-14-16-18-19-20-21-22-23-24-25-26-27-28-29-30-31-32-33-34-35-36-37-38-40-41-43-45-47-49-56(61)66-53-55(54-67-59(58(63)64)65-52-51-60(3,4)5)68-57(62)50-48-46-44-42-39-17-15-13-11-9-7-2/h13,15,55,59H,6-12,14,16-54H2,1-5H3/p+1/b15-13-. The highest BCUT2D eigenvalue weighted by atomic mass is 16.7. The molecule has 68 heavy (non-hydrogen) atoms. The fraction of sp³-hybridized carbons (Fsp3) is 0.915. The van der Waals surface area contributed by atoms with Crippen molar-refractivity contribution in [3.05, 3.63) is 12.2 Å². The van der Waals surface area contributed by atoms with E-state index in [9.17, 15) is 19.5 Å². The molecule has 0 rings (SSSR count). The van der Waals surface area contributed by atoms with E-state index < -0.39 is 24.3 Å². The predicted octanol–water partition coefficient (Wildman–Crippen LogP) is 17.0. The number of unbranched alkanes of at least 4 members (excludes halogenated alkanes) is 38. The number of ether oxygens (including phenoxy) is 4. The van der Waals surface area contributed by atoms with Gasteiger partial charge in [0.15, 0.2) is 6.10 Å². The summed E-state index contributed by atoms with van der Waals surface area (Å²) in [6.07, 6.45) is 56.1. The van der Waals surface area contributed by atoms with Crippen molar-refractivity contribution in [2.24, 2.45) is 0 Å². The van der Waals surface area contributed by atoms with Gasteiger partial charge in [-0.15, -0.1) is 0 Å². The molecular formula is C59H114NO8+. The molecule has 0 saturated heterocycles. The lowest BCUT2D eigenvalue weighted by atomic mass is 10.0. The lowest BCUT2D eigenvalue weighted by Gasteiger charge is -2.25. The first-order valence-electron chi connectivity index (χ1n) is 29.4. The third-order valence-corrected chi connectivity index (χ3v) is 13.3. The molecule has 0 aromatic rings. The van der Waals surface area contributed by atoms with Gasteiger partial charge >= 0.3 is 17.9 Å². The number of hydrogen-bond acceptors (Lipinski definition) is 7. The topological polar surface area (TPSA) is 108 Å². The number of carboxylic acid groups (broad SMARTS) is 1. The van der Waals surface area contributed by atoms with E-state index in [1.165, 1.54) is 199 Å². The number of likely N-dealkylation sites (N-methyl/N-ethyl adjacent to an activating group) is 1. The van der Waals surface area contributed by atoms with E-state index in [0.717, 1.165) is 57.8 Å². The van der Waals surface area contributed by atoms with Crippen molar-refractivity contribution in [1.29, 1.82) is 0 Å². The number of hydrogen-bond donors (Lipinski definition) is 1. The van der Waals surface area contributed by atoms with E-state index >= 15 is 0 Å². The molecule has 0 saturated carbocycles. The fourth-order valence-corrected chi connectivity index (χ4v) is 8.70. The Hall–Kier alpha value is -1.97. The molecule has 402 valence electrons. The Morgan fingerprint density at radius 1 is 0.426 bits per heavy atom. The number of allylic oxidation sites excluding steroid dienone is 2. The van der Waals surface area contributed by atoms with Gasteiger partial charge in [-0.05, 0) is 32.1 Å². The molecule has 0 aliphatic carbocycles. The molecule has 0 radical (unpaired) electrons. The van der Waals surface area contributed by atoms with Crippen molar-refractivity contribution in [2.75, 3.05) is 47.5 Å². The molecule has 0 fully saturated rings. The van der Waals surface area contributed by atoms with Crippen LogP contribution in [0, 0.1) is 0 Å². The van der Waals surface area contributed by atoms with Crippen LogP contribution in [0.25, 0.3) is 0 Å². The Morgan fingerprint density at radius 3 is 1.13 bits per heavy atom. The van der Waals surface area contributed by atoms with Gasteiger partial charge < -0.3 is 28.5 Å². The molecule has 9 heteroatoms. The molecule has 0 heterocycles. The van der Waals surface area contributed by atoms with Crippen LogP contribution in [-0.4, -0.2) is 87.4 Å². The maximum Gasteiger partial charge on any atom is 0.361 e. The molecule has 0 aliphatic heterocycles. The smallest absolute Gasteiger partial charge is 0.361 e. The van der Waals surface area contributed by atoms with E-state index in [1.807, 2.05) is 21.1 Å². The number of quaternary nitrogens is 1. The number of carbonyl (C=O) groups is 3. The Balaban J connectivity index is 3.96. The molecule has 2 unspecified atom stereocenters. The van der Waals surface area contributed by atoms with E-state index in [-0.39, 0.29) is 32.2 Å². The second-order valence-electron chi connectivity index (χ2n) is 21.3. The lowest BCUT2D eigenvalue weighted by molar-refractivity contribution is -0.870. The zero-order valence-corrected chi connectivity index (χ0v) is 45.8. The Morgan fingerprint density at radius 2 is 0.765 bits per heavy atom. The number of aliphatic carboxylic acids is 1. The SMILES string of the molecule is CCCC/C=C\CCCCCCCC(=O)OC(COC(=O)CCCCCCCCCCCCCCCCCCCCCCCCCCCCCCCCCC)COC(OCC[N+](C)(C)C)C(=O)O. The summed E-state index contributed by atoms with van der Waals surface area (Å²) in [5, 5.41) is 9.66. The maximum absolute atomic E-state index is 12.8. The lowest BCUT2D eigenvalue weighted by Crippen LogP contribution is -2.40. The average Bonchev–Trinajstić information content (AvgIpc) is 3.30. The van der Waals surface area contributed by atoms with Gasteiger partial charge in [0.1, 0.15) is 13.2 Å². The molecule has 1 N–H and O–H groups in total. The first-order chi connectivity index (χ1) is 33.1. The summed E-state index contributed by atoms with van der Waals surface area (Å²) >= 11 is 0. The van der Waals surface area contributed by atoms with Crippen LogP contribution < -0.4 is 0 Å². The third-order valence-electron chi connectivity index (χ3n) is 13.3. The first-order valence-corrected chi connectivity index (χ1v) is 29.4. The van der Waals surface area contributed by atoms with Gasteiger partial charge in [0, 0.05) is 12.8 Å². The molecule has 0 aromatic carbocycles. The van der Waals surface area contributed by atoms with Gasteiger partial charge in [-0.3, -0.25) is 9.59 Å². The van der Waals surface area contributed by atoms with Crippen molar-refractivity contribution in [2.45, 2.75) is 302 Å². The van der Waals surface area contributed by atoms with E-state index in [0.29, 0.717) is 23.9 Å². The molecule has 9 nitrogen and oxygen atoms in total. The van der Waals surface area contributed by atoms with Crippen LogP contribution >= 0.6 is 0 Å². The average molecular weight is 966 g/mol. The minimum Gasteiger partial charge on any atom is -0.477 e. The quantitative estimate of drug-likeness (QED) is 0.0211. The van der Waals surface area contributed by atoms with Gasteiger partial charge in [-0.25, -0.2) is 4.79 Å². The third kappa shape index (κ3) is 51.9. The number of nitrogens with zero attached hydrogens (tertiary/aromatic N) is 1. The highest BCUT2D eigenvalue weighted by Crippen LogP contribution is 2.18.